The fourth-order valence-corrected chi connectivity index (χ4v) is 5.89. The van der Waals surface area contributed by atoms with Gasteiger partial charge in [0.2, 0.25) is 5.91 Å². The van der Waals surface area contributed by atoms with E-state index in [1.165, 1.54) is 28.0 Å². The van der Waals surface area contributed by atoms with E-state index in [0.717, 1.165) is 10.4 Å². The number of methoxy groups -OCH3 is 1. The van der Waals surface area contributed by atoms with Crippen molar-refractivity contribution < 1.29 is 23.9 Å². The molecule has 0 spiro atoms. The first-order valence-electron chi connectivity index (χ1n) is 9.86. The van der Waals surface area contributed by atoms with Crippen molar-refractivity contribution >= 4 is 52.5 Å². The number of halogens is 1. The SMILES string of the molecule is COc1ccc(COC(=O)C2=C(CCl)CS[C@@H]3[C@H](NC(=O)Cc4cccs4)C(=O)N23)cc1. The second kappa shape index (κ2) is 9.97. The minimum atomic E-state index is -0.672. The van der Waals surface area contributed by atoms with E-state index in [1.54, 1.807) is 31.4 Å². The molecule has 1 aromatic heterocycles. The van der Waals surface area contributed by atoms with Gasteiger partial charge in [-0.25, -0.2) is 4.79 Å². The number of fused-ring (bicyclic) bond motifs is 1. The van der Waals surface area contributed by atoms with Crippen LogP contribution in [0.5, 0.6) is 5.75 Å². The summed E-state index contributed by atoms with van der Waals surface area (Å²) in [5.74, 6) is 0.160. The number of alkyl halides is 1. The molecule has 2 amide bonds. The summed E-state index contributed by atoms with van der Waals surface area (Å²) in [6.07, 6.45) is 0.221. The number of rotatable bonds is 8. The Kier molecular flexibility index (Phi) is 7.07. The van der Waals surface area contributed by atoms with E-state index < -0.39 is 12.0 Å². The Balaban J connectivity index is 1.41. The van der Waals surface area contributed by atoms with Crippen LogP contribution in [0, 0.1) is 0 Å². The monoisotopic (exact) mass is 492 g/mol. The quantitative estimate of drug-likeness (QED) is 0.346. The van der Waals surface area contributed by atoms with Crippen LogP contribution in [0.4, 0.5) is 0 Å². The molecule has 0 radical (unpaired) electrons. The average molecular weight is 493 g/mol. The van der Waals surface area contributed by atoms with Crippen LogP contribution < -0.4 is 10.1 Å². The number of amides is 2. The van der Waals surface area contributed by atoms with Gasteiger partial charge in [-0.2, -0.15) is 0 Å². The molecule has 4 rings (SSSR count). The molecule has 2 aliphatic rings. The highest BCUT2D eigenvalue weighted by Gasteiger charge is 2.54. The molecule has 2 aliphatic heterocycles. The molecule has 0 aliphatic carbocycles. The molecule has 1 N–H and O–H groups in total. The fourth-order valence-electron chi connectivity index (χ4n) is 3.51. The summed E-state index contributed by atoms with van der Waals surface area (Å²) >= 11 is 9.02. The van der Waals surface area contributed by atoms with Crippen molar-refractivity contribution in [3.63, 3.8) is 0 Å². The molecule has 10 heteroatoms. The number of ether oxygens (including phenoxy) is 2. The Morgan fingerprint density at radius 1 is 1.25 bits per heavy atom. The molecule has 0 saturated carbocycles. The van der Waals surface area contributed by atoms with Crippen molar-refractivity contribution in [2.45, 2.75) is 24.4 Å². The first-order chi connectivity index (χ1) is 15.5. The summed E-state index contributed by atoms with van der Waals surface area (Å²) in [5, 5.41) is 4.35. The first-order valence-corrected chi connectivity index (χ1v) is 12.3. The Morgan fingerprint density at radius 2 is 2.03 bits per heavy atom. The lowest BCUT2D eigenvalue weighted by Gasteiger charge is -2.49. The molecule has 1 aromatic carbocycles. The van der Waals surface area contributed by atoms with E-state index in [9.17, 15) is 14.4 Å². The van der Waals surface area contributed by atoms with Gasteiger partial charge in [0.25, 0.3) is 5.91 Å². The standard InChI is InChI=1S/C22H21ClN2O5S2/c1-29-15-6-4-13(5-7-15)11-30-22(28)19-14(10-23)12-32-21-18(20(27)25(19)21)24-17(26)9-16-3-2-8-31-16/h2-8,18,21H,9-12H2,1H3,(H,24,26)/t18-,21-/m1/s1. The van der Waals surface area contributed by atoms with E-state index >= 15 is 0 Å². The molecular formula is C22H21ClN2O5S2. The van der Waals surface area contributed by atoms with Gasteiger partial charge < -0.3 is 14.8 Å². The zero-order chi connectivity index (χ0) is 22.7. The van der Waals surface area contributed by atoms with E-state index in [0.29, 0.717) is 17.1 Å². The second-order valence-corrected chi connectivity index (χ2v) is 9.63. The maximum Gasteiger partial charge on any atom is 0.355 e. The lowest BCUT2D eigenvalue weighted by Crippen LogP contribution is -2.70. The number of β-lactam (4-membered cyclic amide) rings is 1. The summed E-state index contributed by atoms with van der Waals surface area (Å²) in [6.45, 7) is 0.0582. The number of carbonyl (C=O) groups excluding carboxylic acids is 3. The number of carbonyl (C=O) groups is 3. The molecule has 1 saturated heterocycles. The molecule has 32 heavy (non-hydrogen) atoms. The zero-order valence-electron chi connectivity index (χ0n) is 17.2. The van der Waals surface area contributed by atoms with Gasteiger partial charge in [0.05, 0.1) is 13.5 Å². The normalized spacial score (nSPS) is 19.8. The largest absolute Gasteiger partial charge is 0.497 e. The Labute approximate surface area is 198 Å². The van der Waals surface area contributed by atoms with Crippen molar-refractivity contribution in [1.82, 2.24) is 10.2 Å². The van der Waals surface area contributed by atoms with Crippen LogP contribution in [0.2, 0.25) is 0 Å². The van der Waals surface area contributed by atoms with E-state index in [1.807, 2.05) is 17.5 Å². The van der Waals surface area contributed by atoms with Crippen molar-refractivity contribution in [2.24, 2.45) is 0 Å². The molecule has 3 heterocycles. The first kappa shape index (κ1) is 22.7. The predicted molar refractivity (Wildman–Crippen MR) is 124 cm³/mol. The van der Waals surface area contributed by atoms with Crippen molar-refractivity contribution in [2.75, 3.05) is 18.7 Å². The van der Waals surface area contributed by atoms with Crippen LogP contribution in [0.1, 0.15) is 10.4 Å². The Hall–Kier alpha value is -2.49. The van der Waals surface area contributed by atoms with E-state index in [2.05, 4.69) is 5.32 Å². The van der Waals surface area contributed by atoms with Crippen molar-refractivity contribution in [1.29, 1.82) is 0 Å². The number of nitrogens with one attached hydrogen (secondary N) is 1. The summed E-state index contributed by atoms with van der Waals surface area (Å²) in [4.78, 5) is 40.4. The van der Waals surface area contributed by atoms with Gasteiger partial charge in [0, 0.05) is 16.5 Å². The average Bonchev–Trinajstić information content (AvgIpc) is 3.33. The lowest BCUT2D eigenvalue weighted by molar-refractivity contribution is -0.153. The number of thioether (sulfide) groups is 1. The molecule has 168 valence electrons. The van der Waals surface area contributed by atoms with Gasteiger partial charge >= 0.3 is 5.97 Å². The third-order valence-electron chi connectivity index (χ3n) is 5.16. The van der Waals surface area contributed by atoms with Crippen LogP contribution in [0.3, 0.4) is 0 Å². The third kappa shape index (κ3) is 4.65. The lowest BCUT2D eigenvalue weighted by atomic mass is 10.0. The number of benzene rings is 1. The van der Waals surface area contributed by atoms with Gasteiger partial charge in [-0.15, -0.1) is 34.7 Å². The fraction of sp³-hybridized carbons (Fsp3) is 0.318. The highest BCUT2D eigenvalue weighted by molar-refractivity contribution is 8.00. The van der Waals surface area contributed by atoms with Gasteiger partial charge in [0.1, 0.15) is 29.5 Å². The highest BCUT2D eigenvalue weighted by atomic mass is 35.5. The molecule has 0 unspecified atom stereocenters. The van der Waals surface area contributed by atoms with Gasteiger partial charge in [-0.05, 0) is 34.7 Å². The molecular weight excluding hydrogens is 472 g/mol. The topological polar surface area (TPSA) is 84.9 Å². The van der Waals surface area contributed by atoms with Crippen LogP contribution in [0.25, 0.3) is 0 Å². The molecule has 1 fully saturated rings. The van der Waals surface area contributed by atoms with Gasteiger partial charge in [-0.1, -0.05) is 18.2 Å². The summed E-state index contributed by atoms with van der Waals surface area (Å²) in [7, 11) is 1.58. The van der Waals surface area contributed by atoms with Crippen LogP contribution in [0.15, 0.2) is 53.0 Å². The minimum absolute atomic E-state index is 0.0582. The maximum atomic E-state index is 12.9. The Morgan fingerprint density at radius 3 is 2.69 bits per heavy atom. The summed E-state index contributed by atoms with van der Waals surface area (Å²) in [6, 6.07) is 10.2. The molecule has 7 nitrogen and oxygen atoms in total. The maximum absolute atomic E-state index is 12.9. The molecule has 2 aromatic rings. The number of nitrogens with zero attached hydrogens (tertiary/aromatic N) is 1. The zero-order valence-corrected chi connectivity index (χ0v) is 19.6. The van der Waals surface area contributed by atoms with Gasteiger partial charge in [0.15, 0.2) is 0 Å². The predicted octanol–water partition coefficient (Wildman–Crippen LogP) is 2.94. The van der Waals surface area contributed by atoms with E-state index in [4.69, 9.17) is 21.1 Å². The number of hydrogen-bond donors (Lipinski definition) is 1. The Bertz CT molecular complexity index is 1040. The smallest absolute Gasteiger partial charge is 0.355 e. The highest BCUT2D eigenvalue weighted by Crippen LogP contribution is 2.41. The summed E-state index contributed by atoms with van der Waals surface area (Å²) in [5.41, 5.74) is 1.62. The third-order valence-corrected chi connectivity index (χ3v) is 7.70. The van der Waals surface area contributed by atoms with Crippen LogP contribution in [-0.2, 0) is 32.1 Å². The van der Waals surface area contributed by atoms with Crippen LogP contribution in [-0.4, -0.2) is 52.8 Å². The minimum Gasteiger partial charge on any atom is -0.497 e. The number of hydrogen-bond acceptors (Lipinski definition) is 7. The number of thiophene rings is 1. The molecule has 0 bridgehead atoms. The molecule has 2 atom stereocenters. The van der Waals surface area contributed by atoms with Crippen LogP contribution >= 0.6 is 34.7 Å². The van der Waals surface area contributed by atoms with Crippen molar-refractivity contribution in [3.8, 4) is 5.75 Å². The van der Waals surface area contributed by atoms with E-state index in [-0.39, 0.29) is 41.8 Å². The number of esters is 1. The van der Waals surface area contributed by atoms with Gasteiger partial charge in [-0.3, -0.25) is 14.5 Å². The van der Waals surface area contributed by atoms with Crippen molar-refractivity contribution in [3.05, 3.63) is 63.5 Å². The second-order valence-electron chi connectivity index (χ2n) is 7.22. The summed E-state index contributed by atoms with van der Waals surface area (Å²) < 4.78 is 10.6.